The van der Waals surface area contributed by atoms with Crippen molar-refractivity contribution in [2.24, 2.45) is 0 Å². The Bertz CT molecular complexity index is 1290. The Morgan fingerprint density at radius 2 is 1.62 bits per heavy atom. The Labute approximate surface area is 209 Å². The van der Waals surface area contributed by atoms with Crippen molar-refractivity contribution in [3.8, 4) is 5.75 Å². The van der Waals surface area contributed by atoms with Crippen molar-refractivity contribution in [1.82, 2.24) is 25.1 Å². The zero-order valence-corrected chi connectivity index (χ0v) is 19.8. The van der Waals surface area contributed by atoms with Crippen LogP contribution in [0.1, 0.15) is 45.2 Å². The van der Waals surface area contributed by atoms with E-state index in [0.29, 0.717) is 74.4 Å². The van der Waals surface area contributed by atoms with Crippen LogP contribution in [0.3, 0.4) is 0 Å². The van der Waals surface area contributed by atoms with E-state index in [9.17, 15) is 27.2 Å². The number of ether oxygens (including phenoxy) is 1. The van der Waals surface area contributed by atoms with E-state index >= 15 is 0 Å². The minimum Gasteiger partial charge on any atom is -0.406 e. The lowest BCUT2D eigenvalue weighted by Gasteiger charge is -2.32. The molecule has 2 aliphatic heterocycles. The van der Waals surface area contributed by atoms with E-state index in [1.54, 1.807) is 15.9 Å². The predicted octanol–water partition coefficient (Wildman–Crippen LogP) is 3.67. The molecule has 2 saturated heterocycles. The summed E-state index contributed by atoms with van der Waals surface area (Å²) < 4.78 is 55.9. The number of carbonyl (C=O) groups excluding carboxylic acids is 2. The van der Waals surface area contributed by atoms with E-state index < -0.39 is 17.9 Å². The number of fused-ring (bicyclic) bond motifs is 1. The Balaban J connectivity index is 1.28. The van der Waals surface area contributed by atoms with Gasteiger partial charge in [0.1, 0.15) is 22.9 Å². The van der Waals surface area contributed by atoms with Crippen molar-refractivity contribution >= 4 is 22.8 Å². The molecule has 8 nitrogen and oxygen atoms in total. The van der Waals surface area contributed by atoms with Crippen molar-refractivity contribution in [3.05, 3.63) is 59.2 Å². The number of rotatable bonds is 4. The molecule has 2 aliphatic rings. The standard InChI is InChI=1S/C25H25F4N5O3/c26-19-14-31-22-18(13-20(32-22)24(36)34-11-7-30-8-12-34)21(19)15-5-9-33(10-6-15)23(35)16-1-3-17(4-2-16)37-25(27,28)29/h1-4,13-15,30H,5-12H2,(H,31,32). The lowest BCUT2D eigenvalue weighted by atomic mass is 9.87. The highest BCUT2D eigenvalue weighted by Gasteiger charge is 2.32. The fourth-order valence-corrected chi connectivity index (χ4v) is 4.99. The largest absolute Gasteiger partial charge is 0.573 e. The average molecular weight is 519 g/mol. The fraction of sp³-hybridized carbons (Fsp3) is 0.400. The zero-order valence-electron chi connectivity index (χ0n) is 19.8. The molecule has 2 amide bonds. The summed E-state index contributed by atoms with van der Waals surface area (Å²) in [6.45, 7) is 3.32. The second-order valence-corrected chi connectivity index (χ2v) is 9.15. The number of nitrogens with zero attached hydrogens (tertiary/aromatic N) is 3. The summed E-state index contributed by atoms with van der Waals surface area (Å²) in [7, 11) is 0. The summed E-state index contributed by atoms with van der Waals surface area (Å²) in [6, 6.07) is 6.44. The molecule has 2 fully saturated rings. The molecule has 0 atom stereocenters. The fourth-order valence-electron chi connectivity index (χ4n) is 4.99. The van der Waals surface area contributed by atoms with Crippen LogP contribution in [0.15, 0.2) is 36.5 Å². The first-order chi connectivity index (χ1) is 17.7. The van der Waals surface area contributed by atoms with E-state index in [-0.39, 0.29) is 23.3 Å². The van der Waals surface area contributed by atoms with Gasteiger partial charge in [0.2, 0.25) is 0 Å². The van der Waals surface area contributed by atoms with E-state index in [4.69, 9.17) is 0 Å². The number of hydrogen-bond acceptors (Lipinski definition) is 5. The molecule has 4 heterocycles. The van der Waals surface area contributed by atoms with Crippen LogP contribution in [0.2, 0.25) is 0 Å². The molecule has 0 spiro atoms. The van der Waals surface area contributed by atoms with Crippen LogP contribution < -0.4 is 10.1 Å². The Morgan fingerprint density at radius 3 is 2.27 bits per heavy atom. The SMILES string of the molecule is O=C(c1ccc(OC(F)(F)F)cc1)N1CCC(c2c(F)cnc3[nH]c(C(=O)N4CCNCC4)cc23)CC1. The number of aromatic amines is 1. The number of piperazine rings is 1. The molecule has 0 bridgehead atoms. The lowest BCUT2D eigenvalue weighted by Crippen LogP contribution is -2.46. The molecular formula is C25H25F4N5O3. The van der Waals surface area contributed by atoms with Crippen molar-refractivity contribution < 1.29 is 31.9 Å². The Hall–Kier alpha value is -3.67. The summed E-state index contributed by atoms with van der Waals surface area (Å²) >= 11 is 0. The van der Waals surface area contributed by atoms with Gasteiger partial charge < -0.3 is 24.8 Å². The topological polar surface area (TPSA) is 90.6 Å². The number of nitrogens with one attached hydrogen (secondary N) is 2. The molecular weight excluding hydrogens is 494 g/mol. The summed E-state index contributed by atoms with van der Waals surface area (Å²) in [5.41, 5.74) is 1.52. The normalized spacial score (nSPS) is 17.3. The van der Waals surface area contributed by atoms with Crippen LogP contribution in [-0.4, -0.2) is 77.2 Å². The van der Waals surface area contributed by atoms with Gasteiger partial charge in [-0.2, -0.15) is 0 Å². The number of hydrogen-bond donors (Lipinski definition) is 2. The maximum atomic E-state index is 15.0. The number of aromatic nitrogens is 2. The third-order valence-electron chi connectivity index (χ3n) is 6.81. The smallest absolute Gasteiger partial charge is 0.406 e. The van der Waals surface area contributed by atoms with E-state index in [1.807, 2.05) is 0 Å². The first-order valence-electron chi connectivity index (χ1n) is 12.0. The van der Waals surface area contributed by atoms with Crippen molar-refractivity contribution in [3.63, 3.8) is 0 Å². The predicted molar refractivity (Wildman–Crippen MR) is 126 cm³/mol. The molecule has 0 aliphatic carbocycles. The van der Waals surface area contributed by atoms with E-state index in [1.165, 1.54) is 12.1 Å². The molecule has 1 aromatic carbocycles. The maximum Gasteiger partial charge on any atom is 0.573 e. The summed E-state index contributed by atoms with van der Waals surface area (Å²) in [5.74, 6) is -1.52. The van der Waals surface area contributed by atoms with Crippen molar-refractivity contribution in [1.29, 1.82) is 0 Å². The Morgan fingerprint density at radius 1 is 0.973 bits per heavy atom. The van der Waals surface area contributed by atoms with Crippen LogP contribution in [0, 0.1) is 5.82 Å². The molecule has 196 valence electrons. The van der Waals surface area contributed by atoms with Gasteiger partial charge >= 0.3 is 6.36 Å². The quantitative estimate of drug-likeness (QED) is 0.514. The first-order valence-corrected chi connectivity index (χ1v) is 12.0. The summed E-state index contributed by atoms with van der Waals surface area (Å²) in [6.07, 6.45) is -2.68. The van der Waals surface area contributed by atoms with Crippen molar-refractivity contribution in [2.75, 3.05) is 39.3 Å². The van der Waals surface area contributed by atoms with Gasteiger partial charge in [-0.3, -0.25) is 9.59 Å². The van der Waals surface area contributed by atoms with Gasteiger partial charge in [-0.1, -0.05) is 0 Å². The van der Waals surface area contributed by atoms with Gasteiger partial charge in [-0.05, 0) is 49.1 Å². The monoisotopic (exact) mass is 519 g/mol. The third kappa shape index (κ3) is 5.38. The zero-order chi connectivity index (χ0) is 26.2. The molecule has 0 radical (unpaired) electrons. The maximum absolute atomic E-state index is 15.0. The molecule has 5 rings (SSSR count). The third-order valence-corrected chi connectivity index (χ3v) is 6.81. The van der Waals surface area contributed by atoms with E-state index in [2.05, 4.69) is 20.0 Å². The second kappa shape index (κ2) is 10.0. The van der Waals surface area contributed by atoms with Crippen LogP contribution in [0.4, 0.5) is 17.6 Å². The minimum absolute atomic E-state index is 0.155. The number of likely N-dealkylation sites (tertiary alicyclic amines) is 1. The molecule has 3 aromatic rings. The molecule has 2 aromatic heterocycles. The molecule has 0 unspecified atom stereocenters. The van der Waals surface area contributed by atoms with Crippen molar-refractivity contribution in [2.45, 2.75) is 25.1 Å². The summed E-state index contributed by atoms with van der Waals surface area (Å²) in [5, 5.41) is 3.76. The van der Waals surface area contributed by atoms with Crippen LogP contribution in [0.25, 0.3) is 11.0 Å². The van der Waals surface area contributed by atoms with Gasteiger partial charge in [-0.15, -0.1) is 13.2 Å². The number of H-pyrrole nitrogens is 1. The number of alkyl halides is 3. The van der Waals surface area contributed by atoms with Crippen LogP contribution in [0.5, 0.6) is 5.75 Å². The van der Waals surface area contributed by atoms with E-state index in [0.717, 1.165) is 18.3 Å². The average Bonchev–Trinajstić information content (AvgIpc) is 3.32. The van der Waals surface area contributed by atoms with Gasteiger partial charge in [-0.25, -0.2) is 9.37 Å². The molecule has 12 heteroatoms. The summed E-state index contributed by atoms with van der Waals surface area (Å²) in [4.78, 5) is 36.3. The number of piperidine rings is 1. The number of pyridine rings is 1. The molecule has 0 saturated carbocycles. The molecule has 37 heavy (non-hydrogen) atoms. The number of benzene rings is 1. The minimum atomic E-state index is -4.81. The highest BCUT2D eigenvalue weighted by atomic mass is 19.4. The lowest BCUT2D eigenvalue weighted by molar-refractivity contribution is -0.274. The second-order valence-electron chi connectivity index (χ2n) is 9.15. The number of carbonyl (C=O) groups is 2. The number of halogens is 4. The van der Waals surface area contributed by atoms with Gasteiger partial charge in [0, 0.05) is 55.8 Å². The van der Waals surface area contributed by atoms with Crippen LogP contribution in [-0.2, 0) is 0 Å². The molecule has 2 N–H and O–H groups in total. The van der Waals surface area contributed by atoms with Gasteiger partial charge in [0.25, 0.3) is 11.8 Å². The highest BCUT2D eigenvalue weighted by Crippen LogP contribution is 2.35. The van der Waals surface area contributed by atoms with Crippen LogP contribution >= 0.6 is 0 Å². The first kappa shape index (κ1) is 25.0. The van der Waals surface area contributed by atoms with Gasteiger partial charge in [0.15, 0.2) is 0 Å². The highest BCUT2D eigenvalue weighted by molar-refractivity contribution is 5.98. The number of amides is 2. The Kier molecular flexibility index (Phi) is 6.76. The van der Waals surface area contributed by atoms with Gasteiger partial charge in [0.05, 0.1) is 6.20 Å².